The van der Waals surface area contributed by atoms with E-state index in [9.17, 15) is 9.59 Å². The molecule has 1 aliphatic rings. The lowest BCUT2D eigenvalue weighted by molar-refractivity contribution is -0.118. The number of hydrogen-bond acceptors (Lipinski definition) is 3. The summed E-state index contributed by atoms with van der Waals surface area (Å²) in [5, 5.41) is 2.97. The van der Waals surface area contributed by atoms with Crippen molar-refractivity contribution in [1.82, 2.24) is 0 Å². The van der Waals surface area contributed by atoms with Gasteiger partial charge in [0.25, 0.3) is 0 Å². The van der Waals surface area contributed by atoms with Gasteiger partial charge in [0, 0.05) is 11.4 Å². The normalized spacial score (nSPS) is 16.9. The molecule has 1 aliphatic heterocycles. The summed E-state index contributed by atoms with van der Waals surface area (Å²) in [7, 11) is 0. The average molecular weight is 431 g/mol. The van der Waals surface area contributed by atoms with Gasteiger partial charge in [-0.05, 0) is 54.3 Å². The minimum Gasteiger partial charge on any atom is -0.326 e. The lowest BCUT2D eigenvalue weighted by Crippen LogP contribution is -2.28. The van der Waals surface area contributed by atoms with Gasteiger partial charge in [-0.3, -0.25) is 14.5 Å². The number of carbonyl (C=O) groups is 2. The minimum absolute atomic E-state index is 0.0171. The van der Waals surface area contributed by atoms with Gasteiger partial charge >= 0.3 is 0 Å². The number of anilines is 2. The second kappa shape index (κ2) is 9.40. The Morgan fingerprint density at radius 3 is 2.58 bits per heavy atom. The number of aryl methyl sites for hydroxylation is 1. The topological polar surface area (TPSA) is 49.4 Å². The number of amides is 2. The van der Waals surface area contributed by atoms with E-state index in [1.54, 1.807) is 11.8 Å². The van der Waals surface area contributed by atoms with Crippen LogP contribution >= 0.6 is 11.8 Å². The Morgan fingerprint density at radius 1 is 1.06 bits per heavy atom. The van der Waals surface area contributed by atoms with Crippen molar-refractivity contribution in [2.24, 2.45) is 0 Å². The number of benzene rings is 3. The molecule has 0 aromatic heterocycles. The Balaban J connectivity index is 1.56. The Bertz CT molecular complexity index is 1080. The largest absolute Gasteiger partial charge is 0.326 e. The van der Waals surface area contributed by atoms with Crippen LogP contribution in [0.4, 0.5) is 11.4 Å². The van der Waals surface area contributed by atoms with Crippen molar-refractivity contribution in [2.75, 3.05) is 16.0 Å². The van der Waals surface area contributed by atoms with Crippen LogP contribution in [-0.2, 0) is 9.59 Å². The Labute approximate surface area is 187 Å². The van der Waals surface area contributed by atoms with Crippen LogP contribution in [0.1, 0.15) is 41.3 Å². The summed E-state index contributed by atoms with van der Waals surface area (Å²) < 4.78 is 0. The van der Waals surface area contributed by atoms with Gasteiger partial charge in [-0.25, -0.2) is 0 Å². The number of nitrogens with zero attached hydrogens (tertiary/aromatic N) is 1. The highest BCUT2D eigenvalue weighted by Crippen LogP contribution is 2.42. The molecule has 0 radical (unpaired) electrons. The van der Waals surface area contributed by atoms with Crippen LogP contribution in [0.3, 0.4) is 0 Å². The predicted octanol–water partition coefficient (Wildman–Crippen LogP) is 5.91. The van der Waals surface area contributed by atoms with E-state index in [1.165, 1.54) is 0 Å². The van der Waals surface area contributed by atoms with E-state index in [1.807, 2.05) is 97.6 Å². The van der Waals surface area contributed by atoms with E-state index >= 15 is 0 Å². The Morgan fingerprint density at radius 2 is 1.84 bits per heavy atom. The zero-order valence-corrected chi connectivity index (χ0v) is 18.6. The van der Waals surface area contributed by atoms with Crippen molar-refractivity contribution in [1.29, 1.82) is 0 Å². The molecule has 1 saturated heterocycles. The summed E-state index contributed by atoms with van der Waals surface area (Å²) in [6.45, 7) is 4.05. The van der Waals surface area contributed by atoms with E-state index in [0.717, 1.165) is 34.5 Å². The average Bonchev–Trinajstić information content (AvgIpc) is 3.16. The molecule has 3 aromatic rings. The summed E-state index contributed by atoms with van der Waals surface area (Å²) in [6.07, 6.45) is 0.726. The van der Waals surface area contributed by atoms with Crippen LogP contribution in [-0.4, -0.2) is 17.6 Å². The fraction of sp³-hybridized carbons (Fsp3) is 0.231. The SMILES string of the molecule is CC[C@@H](C(=O)Nc1cccc([C@H]2SCC(=O)N2c2cccc(C)c2)c1)c1ccccc1. The molecule has 3 aromatic carbocycles. The van der Waals surface area contributed by atoms with Crippen molar-refractivity contribution in [3.8, 4) is 0 Å². The second-order valence-corrected chi connectivity index (χ2v) is 8.82. The number of thioether (sulfide) groups is 1. The smallest absolute Gasteiger partial charge is 0.238 e. The van der Waals surface area contributed by atoms with E-state index in [4.69, 9.17) is 0 Å². The van der Waals surface area contributed by atoms with E-state index in [2.05, 4.69) is 5.32 Å². The number of carbonyl (C=O) groups excluding carboxylic acids is 2. The minimum atomic E-state index is -0.198. The molecule has 1 fully saturated rings. The highest BCUT2D eigenvalue weighted by Gasteiger charge is 2.34. The monoisotopic (exact) mass is 430 g/mol. The molecule has 1 heterocycles. The van der Waals surface area contributed by atoms with E-state index < -0.39 is 0 Å². The standard InChI is InChI=1S/C26H26N2O2S/c1-3-23(19-10-5-4-6-11-19)25(30)27-21-13-8-12-20(16-21)26-28(24(29)17-31-26)22-14-7-9-18(2)15-22/h4-16,23,26H,3,17H2,1-2H3,(H,27,30)/t23-,26-/m1/s1. The summed E-state index contributed by atoms with van der Waals surface area (Å²) in [4.78, 5) is 27.5. The van der Waals surface area contributed by atoms with Gasteiger partial charge in [0.05, 0.1) is 11.7 Å². The molecule has 1 N–H and O–H groups in total. The molecule has 2 atom stereocenters. The maximum absolute atomic E-state index is 13.0. The highest BCUT2D eigenvalue weighted by atomic mass is 32.2. The third-order valence-corrected chi connectivity index (χ3v) is 6.73. The quantitative estimate of drug-likeness (QED) is 0.529. The third kappa shape index (κ3) is 4.67. The molecule has 0 unspecified atom stereocenters. The molecule has 5 heteroatoms. The molecule has 0 saturated carbocycles. The summed E-state index contributed by atoms with van der Waals surface area (Å²) >= 11 is 1.61. The first-order chi connectivity index (χ1) is 15.1. The van der Waals surface area contributed by atoms with Gasteiger partial charge in [-0.1, -0.05) is 61.5 Å². The third-order valence-electron chi connectivity index (χ3n) is 5.51. The van der Waals surface area contributed by atoms with Crippen molar-refractivity contribution in [3.05, 3.63) is 95.6 Å². The summed E-state index contributed by atoms with van der Waals surface area (Å²) in [5.74, 6) is 0.332. The van der Waals surface area contributed by atoms with Gasteiger partial charge in [-0.2, -0.15) is 0 Å². The molecule has 2 amide bonds. The van der Waals surface area contributed by atoms with Gasteiger partial charge in [0.1, 0.15) is 5.37 Å². The first-order valence-corrected chi connectivity index (χ1v) is 11.6. The number of rotatable bonds is 6. The van der Waals surface area contributed by atoms with Crippen LogP contribution in [0.15, 0.2) is 78.9 Å². The maximum atomic E-state index is 13.0. The van der Waals surface area contributed by atoms with Crippen molar-refractivity contribution >= 4 is 35.0 Å². The van der Waals surface area contributed by atoms with Gasteiger partial charge in [0.15, 0.2) is 0 Å². The fourth-order valence-electron chi connectivity index (χ4n) is 3.98. The van der Waals surface area contributed by atoms with Gasteiger partial charge in [0.2, 0.25) is 11.8 Å². The van der Waals surface area contributed by atoms with E-state index in [0.29, 0.717) is 5.75 Å². The Kier molecular flexibility index (Phi) is 6.42. The Hall–Kier alpha value is -3.05. The fourth-order valence-corrected chi connectivity index (χ4v) is 5.15. The number of nitrogens with one attached hydrogen (secondary N) is 1. The van der Waals surface area contributed by atoms with Crippen LogP contribution in [0.25, 0.3) is 0 Å². The molecular formula is C26H26N2O2S. The van der Waals surface area contributed by atoms with Crippen molar-refractivity contribution in [3.63, 3.8) is 0 Å². The molecule has 0 spiro atoms. The summed E-state index contributed by atoms with van der Waals surface area (Å²) in [5.41, 5.74) is 4.79. The lowest BCUT2D eigenvalue weighted by Gasteiger charge is -2.25. The van der Waals surface area contributed by atoms with Crippen LogP contribution in [0.2, 0.25) is 0 Å². The predicted molar refractivity (Wildman–Crippen MR) is 128 cm³/mol. The lowest BCUT2D eigenvalue weighted by atomic mass is 9.95. The first-order valence-electron chi connectivity index (χ1n) is 10.5. The molecule has 0 aliphatic carbocycles. The summed E-state index contributed by atoms with van der Waals surface area (Å²) in [6, 6.07) is 25.7. The zero-order chi connectivity index (χ0) is 21.8. The molecule has 4 rings (SSSR count). The van der Waals surface area contributed by atoms with E-state index in [-0.39, 0.29) is 23.1 Å². The molecular weight excluding hydrogens is 404 g/mol. The molecule has 158 valence electrons. The second-order valence-electron chi connectivity index (χ2n) is 7.75. The van der Waals surface area contributed by atoms with Crippen molar-refractivity contribution < 1.29 is 9.59 Å². The first kappa shape index (κ1) is 21.2. The molecule has 4 nitrogen and oxygen atoms in total. The maximum Gasteiger partial charge on any atom is 0.238 e. The van der Waals surface area contributed by atoms with Crippen LogP contribution in [0, 0.1) is 6.92 Å². The molecule has 31 heavy (non-hydrogen) atoms. The van der Waals surface area contributed by atoms with Gasteiger partial charge in [-0.15, -0.1) is 11.8 Å². The van der Waals surface area contributed by atoms with Crippen molar-refractivity contribution in [2.45, 2.75) is 31.6 Å². The zero-order valence-electron chi connectivity index (χ0n) is 17.7. The van der Waals surface area contributed by atoms with Crippen LogP contribution < -0.4 is 10.2 Å². The molecule has 0 bridgehead atoms. The highest BCUT2D eigenvalue weighted by molar-refractivity contribution is 8.00. The van der Waals surface area contributed by atoms with Crippen LogP contribution in [0.5, 0.6) is 0 Å². The van der Waals surface area contributed by atoms with Gasteiger partial charge < -0.3 is 5.32 Å². The number of hydrogen-bond donors (Lipinski definition) is 1.